The topological polar surface area (TPSA) is 135 Å². The van der Waals surface area contributed by atoms with Crippen LogP contribution in [0.1, 0.15) is 47.0 Å². The molecule has 3 aliphatic heterocycles. The van der Waals surface area contributed by atoms with Crippen molar-refractivity contribution in [3.8, 4) is 0 Å². The van der Waals surface area contributed by atoms with Gasteiger partial charge in [-0.2, -0.15) is 0 Å². The van der Waals surface area contributed by atoms with E-state index in [0.717, 1.165) is 0 Å². The van der Waals surface area contributed by atoms with Crippen molar-refractivity contribution >= 4 is 23.9 Å². The number of hydrogen-bond acceptors (Lipinski definition) is 10. The first kappa shape index (κ1) is 25.9. The third-order valence-electron chi connectivity index (χ3n) is 6.66. The van der Waals surface area contributed by atoms with Crippen molar-refractivity contribution in [2.45, 2.75) is 77.0 Å². The zero-order valence-corrected chi connectivity index (χ0v) is 19.9. The van der Waals surface area contributed by atoms with Crippen LogP contribution in [-0.2, 0) is 42.9 Å². The predicted molar refractivity (Wildman–Crippen MR) is 116 cm³/mol. The average Bonchev–Trinajstić information content (AvgIpc) is 2.90. The molecule has 34 heavy (non-hydrogen) atoms. The Balaban J connectivity index is 1.90. The molecule has 0 aromatic carbocycles. The molecule has 3 heterocycles. The number of fused-ring (bicyclic) bond motifs is 4. The van der Waals surface area contributed by atoms with Gasteiger partial charge in [-0.05, 0) is 32.8 Å². The molecule has 0 saturated carbocycles. The van der Waals surface area contributed by atoms with Gasteiger partial charge in [-0.1, -0.05) is 6.58 Å². The Morgan fingerprint density at radius 1 is 1.18 bits per heavy atom. The molecule has 188 valence electrons. The highest BCUT2D eigenvalue weighted by Gasteiger charge is 2.58. The van der Waals surface area contributed by atoms with Crippen molar-refractivity contribution in [1.29, 1.82) is 0 Å². The number of hydrogen-bond donors (Lipinski definition) is 1. The number of rotatable bonds is 6. The van der Waals surface area contributed by atoms with E-state index in [1.165, 1.54) is 26.8 Å². The monoisotopic (exact) mass is 480 g/mol. The van der Waals surface area contributed by atoms with Crippen LogP contribution in [0.15, 0.2) is 23.8 Å². The number of aliphatic hydroxyl groups excluding tert-OH is 1. The van der Waals surface area contributed by atoms with E-state index in [-0.39, 0.29) is 30.8 Å². The maximum absolute atomic E-state index is 12.8. The van der Waals surface area contributed by atoms with Gasteiger partial charge in [0.2, 0.25) is 0 Å². The van der Waals surface area contributed by atoms with Gasteiger partial charge in [0.15, 0.2) is 0 Å². The van der Waals surface area contributed by atoms with Crippen molar-refractivity contribution in [1.82, 2.24) is 0 Å². The maximum Gasteiger partial charge on any atom is 0.334 e. The molecule has 0 amide bonds. The van der Waals surface area contributed by atoms with Crippen LogP contribution in [-0.4, -0.2) is 72.2 Å². The molecule has 10 nitrogen and oxygen atoms in total. The highest BCUT2D eigenvalue weighted by atomic mass is 16.6. The molecule has 3 fully saturated rings. The summed E-state index contributed by atoms with van der Waals surface area (Å²) >= 11 is 0. The van der Waals surface area contributed by atoms with Crippen molar-refractivity contribution < 1.29 is 48.0 Å². The van der Waals surface area contributed by atoms with Crippen LogP contribution >= 0.6 is 0 Å². The van der Waals surface area contributed by atoms with Crippen molar-refractivity contribution in [3.05, 3.63) is 23.8 Å². The molecule has 0 spiro atoms. The Hall–Kier alpha value is -2.72. The number of ether oxygens (including phenoxy) is 5. The van der Waals surface area contributed by atoms with E-state index in [4.69, 9.17) is 23.7 Å². The highest BCUT2D eigenvalue weighted by Crippen LogP contribution is 2.47. The lowest BCUT2D eigenvalue weighted by molar-refractivity contribution is -0.173. The molecular formula is C24H32O10. The van der Waals surface area contributed by atoms with Crippen LogP contribution in [0.3, 0.4) is 0 Å². The van der Waals surface area contributed by atoms with E-state index < -0.39 is 65.7 Å². The van der Waals surface area contributed by atoms with E-state index in [2.05, 4.69) is 6.58 Å². The molecule has 0 aromatic rings. The molecule has 3 rings (SSSR count). The van der Waals surface area contributed by atoms with Gasteiger partial charge in [0.05, 0.1) is 24.2 Å². The quantitative estimate of drug-likeness (QED) is 0.337. The number of aliphatic hydroxyl groups is 1. The molecule has 3 aliphatic rings. The summed E-state index contributed by atoms with van der Waals surface area (Å²) in [6.07, 6.45) is -0.786. The molecule has 0 radical (unpaired) electrons. The Labute approximate surface area is 198 Å². The molecule has 0 unspecified atom stereocenters. The number of esters is 4. The lowest BCUT2D eigenvalue weighted by atomic mass is 9.78. The molecule has 0 aliphatic carbocycles. The zero-order valence-electron chi connectivity index (χ0n) is 19.9. The third kappa shape index (κ3) is 5.67. The van der Waals surface area contributed by atoms with Crippen LogP contribution in [0, 0.1) is 11.8 Å². The lowest BCUT2D eigenvalue weighted by Gasteiger charge is -2.34. The fourth-order valence-electron chi connectivity index (χ4n) is 4.82. The van der Waals surface area contributed by atoms with Gasteiger partial charge in [0.25, 0.3) is 0 Å². The molecule has 2 bridgehead atoms. The minimum absolute atomic E-state index is 0.0695. The third-order valence-corrected chi connectivity index (χ3v) is 6.66. The largest absolute Gasteiger partial charge is 0.465 e. The van der Waals surface area contributed by atoms with Crippen LogP contribution in [0.4, 0.5) is 0 Å². The second-order valence-electron chi connectivity index (χ2n) is 9.36. The van der Waals surface area contributed by atoms with Gasteiger partial charge < -0.3 is 28.8 Å². The van der Waals surface area contributed by atoms with E-state index >= 15 is 0 Å². The van der Waals surface area contributed by atoms with E-state index in [1.54, 1.807) is 0 Å². The van der Waals surface area contributed by atoms with E-state index in [1.807, 2.05) is 6.92 Å². The summed E-state index contributed by atoms with van der Waals surface area (Å²) in [5.74, 6) is -3.57. The van der Waals surface area contributed by atoms with Gasteiger partial charge in [-0.25, -0.2) is 9.59 Å². The maximum atomic E-state index is 12.8. The molecule has 0 aromatic heterocycles. The Kier molecular flexibility index (Phi) is 7.82. The zero-order chi connectivity index (χ0) is 25.2. The van der Waals surface area contributed by atoms with Gasteiger partial charge in [-0.15, -0.1) is 0 Å². The van der Waals surface area contributed by atoms with Gasteiger partial charge >= 0.3 is 23.9 Å². The van der Waals surface area contributed by atoms with Crippen LogP contribution in [0.2, 0.25) is 0 Å². The Morgan fingerprint density at radius 3 is 2.50 bits per heavy atom. The predicted octanol–water partition coefficient (Wildman–Crippen LogP) is 1.39. The summed E-state index contributed by atoms with van der Waals surface area (Å²) < 4.78 is 27.9. The summed E-state index contributed by atoms with van der Waals surface area (Å²) in [4.78, 5) is 47.7. The summed E-state index contributed by atoms with van der Waals surface area (Å²) in [6.45, 7) is 9.63. The molecule has 1 N–H and O–H groups in total. The van der Waals surface area contributed by atoms with Crippen molar-refractivity contribution in [2.75, 3.05) is 13.2 Å². The molecule has 7 atom stereocenters. The first-order valence-electron chi connectivity index (χ1n) is 11.3. The van der Waals surface area contributed by atoms with Crippen LogP contribution < -0.4 is 0 Å². The van der Waals surface area contributed by atoms with Crippen molar-refractivity contribution in [3.63, 3.8) is 0 Å². The van der Waals surface area contributed by atoms with Crippen molar-refractivity contribution in [2.24, 2.45) is 11.8 Å². The van der Waals surface area contributed by atoms with E-state index in [0.29, 0.717) is 12.8 Å². The van der Waals surface area contributed by atoms with Gasteiger partial charge in [0.1, 0.15) is 24.9 Å². The summed E-state index contributed by atoms with van der Waals surface area (Å²) in [5, 5.41) is 10.8. The smallest absolute Gasteiger partial charge is 0.334 e. The summed E-state index contributed by atoms with van der Waals surface area (Å²) in [5.41, 5.74) is -0.399. The second-order valence-corrected chi connectivity index (χ2v) is 9.36. The minimum atomic E-state index is -0.877. The summed E-state index contributed by atoms with van der Waals surface area (Å²) in [6, 6.07) is 0. The number of carbonyl (C=O) groups is 4. The van der Waals surface area contributed by atoms with Crippen LogP contribution in [0.5, 0.6) is 0 Å². The first-order chi connectivity index (χ1) is 15.9. The normalized spacial score (nSPS) is 35.4. The molecular weight excluding hydrogens is 448 g/mol. The lowest BCUT2D eigenvalue weighted by Crippen LogP contribution is -2.47. The Morgan fingerprint density at radius 2 is 1.85 bits per heavy atom. The number of carbonyl (C=O) groups excluding carboxylic acids is 4. The standard InChI is InChI=1S/C24H32O10/c1-12(7-9-30-14(3)25)22(28)32-18-10-24(5)8-6-17(27)16(11-31-15(4)26)20(34-24)21-19(18)13(2)23(29)33-21/h7,16-21,27H,2,6,8-11H2,1,3-5H3/b12-7-/t16-,17-,18+,19+,20+,21-,24+/m0/s1. The van der Waals surface area contributed by atoms with E-state index in [9.17, 15) is 24.3 Å². The average molecular weight is 481 g/mol. The fraction of sp³-hybridized carbons (Fsp3) is 0.667. The highest BCUT2D eigenvalue weighted by molar-refractivity contribution is 5.91. The SMILES string of the molecule is C=C1C(=O)O[C@@H]2[C@@H]3O[C@](C)(CC[C@H](O)[C@@H]3COC(C)=O)C[C@@H](OC(=O)/C(C)=C\COC(C)=O)[C@@H]12. The van der Waals surface area contributed by atoms with Crippen LogP contribution in [0.25, 0.3) is 0 Å². The molecule has 3 saturated heterocycles. The Bertz CT molecular complexity index is 892. The summed E-state index contributed by atoms with van der Waals surface area (Å²) in [7, 11) is 0. The fourth-order valence-corrected chi connectivity index (χ4v) is 4.82. The van der Waals surface area contributed by atoms with Gasteiger partial charge in [-0.3, -0.25) is 9.59 Å². The van der Waals surface area contributed by atoms with Gasteiger partial charge in [0, 0.05) is 37.3 Å². The first-order valence-corrected chi connectivity index (χ1v) is 11.3. The minimum Gasteiger partial charge on any atom is -0.465 e. The molecule has 10 heteroatoms. The second kappa shape index (κ2) is 10.3.